The molecule has 1 aromatic carbocycles. The quantitative estimate of drug-likeness (QED) is 0.780. The molecule has 2 N–H and O–H groups in total. The summed E-state index contributed by atoms with van der Waals surface area (Å²) in [6, 6.07) is 6.88. The first-order chi connectivity index (χ1) is 6.81. The predicted octanol–water partition coefficient (Wildman–Crippen LogP) is 1.73. The maximum Gasteiger partial charge on any atom is 0.210 e. The van der Waals surface area contributed by atoms with Gasteiger partial charge in [0.1, 0.15) is 5.75 Å². The lowest BCUT2D eigenvalue weighted by molar-refractivity contribution is 0.475. The molecule has 14 heavy (non-hydrogen) atoms. The first-order valence-electron chi connectivity index (χ1n) is 4.08. The monoisotopic (exact) mass is 210 g/mol. The number of aromatic hydroxyl groups is 1. The number of hydrogen-bond acceptors (Lipinski definition) is 6. The molecular formula is C8H10N4OS. The Hall–Kier alpha value is -1.43. The van der Waals surface area contributed by atoms with Gasteiger partial charge in [0.2, 0.25) is 5.50 Å². The van der Waals surface area contributed by atoms with E-state index >= 15 is 0 Å². The molecule has 1 aliphatic rings. The molecule has 0 saturated heterocycles. The molecule has 0 aromatic heterocycles. The summed E-state index contributed by atoms with van der Waals surface area (Å²) in [6.07, 6.45) is 1.96. The molecular weight excluding hydrogens is 200 g/mol. The van der Waals surface area contributed by atoms with Gasteiger partial charge < -0.3 is 5.11 Å². The van der Waals surface area contributed by atoms with Crippen molar-refractivity contribution in [2.24, 2.45) is 10.3 Å². The number of rotatable bonds is 2. The summed E-state index contributed by atoms with van der Waals surface area (Å²) in [5, 5.41) is 18.7. The third-order valence-corrected chi connectivity index (χ3v) is 2.60. The zero-order valence-electron chi connectivity index (χ0n) is 7.58. The SMILES string of the molecule is CSC1N=NNN1c1ccc(O)cc1. The van der Waals surface area contributed by atoms with E-state index in [1.807, 2.05) is 23.4 Å². The van der Waals surface area contributed by atoms with Crippen LogP contribution in [0.3, 0.4) is 0 Å². The summed E-state index contributed by atoms with van der Waals surface area (Å²) in [4.78, 5) is 0. The van der Waals surface area contributed by atoms with Crippen molar-refractivity contribution in [1.29, 1.82) is 0 Å². The van der Waals surface area contributed by atoms with E-state index in [9.17, 15) is 0 Å². The van der Waals surface area contributed by atoms with Gasteiger partial charge in [-0.1, -0.05) is 5.22 Å². The number of hydrogen-bond donors (Lipinski definition) is 2. The van der Waals surface area contributed by atoms with E-state index in [1.165, 1.54) is 0 Å². The molecule has 1 heterocycles. The van der Waals surface area contributed by atoms with E-state index in [0.717, 1.165) is 5.69 Å². The zero-order chi connectivity index (χ0) is 9.97. The second-order valence-electron chi connectivity index (χ2n) is 2.76. The van der Waals surface area contributed by atoms with Crippen LogP contribution in [-0.4, -0.2) is 16.9 Å². The van der Waals surface area contributed by atoms with Crippen molar-refractivity contribution in [3.05, 3.63) is 24.3 Å². The molecule has 0 radical (unpaired) electrons. The Bertz CT molecular complexity index is 340. The van der Waals surface area contributed by atoms with E-state index in [0.29, 0.717) is 0 Å². The van der Waals surface area contributed by atoms with Gasteiger partial charge >= 0.3 is 0 Å². The Morgan fingerprint density at radius 2 is 2.14 bits per heavy atom. The minimum atomic E-state index is -0.0421. The zero-order valence-corrected chi connectivity index (χ0v) is 8.40. The molecule has 6 heteroatoms. The second-order valence-corrected chi connectivity index (χ2v) is 3.66. The molecule has 1 aliphatic heterocycles. The number of benzene rings is 1. The number of phenols is 1. The molecule has 0 spiro atoms. The van der Waals surface area contributed by atoms with Crippen LogP contribution in [0.1, 0.15) is 0 Å². The highest BCUT2D eigenvalue weighted by Gasteiger charge is 2.21. The van der Waals surface area contributed by atoms with Gasteiger partial charge in [-0.2, -0.15) is 5.53 Å². The molecule has 1 atom stereocenters. The first-order valence-corrected chi connectivity index (χ1v) is 5.36. The lowest BCUT2D eigenvalue weighted by Gasteiger charge is -2.20. The lowest BCUT2D eigenvalue weighted by atomic mass is 10.3. The maximum atomic E-state index is 9.13. The highest BCUT2D eigenvalue weighted by Crippen LogP contribution is 2.25. The minimum Gasteiger partial charge on any atom is -0.508 e. The second kappa shape index (κ2) is 3.75. The van der Waals surface area contributed by atoms with E-state index in [1.54, 1.807) is 23.9 Å². The Morgan fingerprint density at radius 3 is 2.79 bits per heavy atom. The van der Waals surface area contributed by atoms with Gasteiger partial charge in [-0.3, -0.25) is 0 Å². The molecule has 74 valence electrons. The Balaban J connectivity index is 2.19. The fraction of sp³-hybridized carbons (Fsp3) is 0.250. The Labute approximate surface area is 85.8 Å². The van der Waals surface area contributed by atoms with E-state index in [4.69, 9.17) is 5.11 Å². The molecule has 2 rings (SSSR count). The summed E-state index contributed by atoms with van der Waals surface area (Å²) in [6.45, 7) is 0. The summed E-state index contributed by atoms with van der Waals surface area (Å²) < 4.78 is 0. The fourth-order valence-corrected chi connectivity index (χ4v) is 1.70. The Morgan fingerprint density at radius 1 is 1.43 bits per heavy atom. The molecule has 1 aromatic rings. The lowest BCUT2D eigenvalue weighted by Crippen LogP contribution is -2.35. The molecule has 0 saturated carbocycles. The normalized spacial score (nSPS) is 19.8. The number of phenolic OH excluding ortho intramolecular Hbond substituents is 1. The van der Waals surface area contributed by atoms with Crippen molar-refractivity contribution >= 4 is 17.4 Å². The summed E-state index contributed by atoms with van der Waals surface area (Å²) in [5.74, 6) is 0.252. The van der Waals surface area contributed by atoms with Crippen molar-refractivity contribution in [1.82, 2.24) is 5.53 Å². The van der Waals surface area contributed by atoms with Crippen LogP contribution < -0.4 is 10.5 Å². The fourth-order valence-electron chi connectivity index (χ4n) is 1.18. The van der Waals surface area contributed by atoms with Gasteiger partial charge in [-0.25, -0.2) is 5.01 Å². The average molecular weight is 210 g/mol. The van der Waals surface area contributed by atoms with E-state index in [-0.39, 0.29) is 11.2 Å². The van der Waals surface area contributed by atoms with Crippen molar-refractivity contribution < 1.29 is 5.11 Å². The largest absolute Gasteiger partial charge is 0.508 e. The van der Waals surface area contributed by atoms with Gasteiger partial charge in [0.15, 0.2) is 0 Å². The van der Waals surface area contributed by atoms with Crippen LogP contribution in [0.4, 0.5) is 5.69 Å². The van der Waals surface area contributed by atoms with Crippen LogP contribution in [0.5, 0.6) is 5.75 Å². The van der Waals surface area contributed by atoms with E-state index < -0.39 is 0 Å². The first kappa shape index (κ1) is 9.14. The standard InChI is InChI=1S/C8H10N4OS/c1-14-8-9-10-11-12(8)6-2-4-7(13)5-3-6/h2-5,8,13H,1H3,(H,9,11). The van der Waals surface area contributed by atoms with Crippen molar-refractivity contribution in [3.8, 4) is 5.75 Å². The van der Waals surface area contributed by atoms with Crippen LogP contribution in [-0.2, 0) is 0 Å². The number of nitrogens with one attached hydrogen (secondary N) is 1. The van der Waals surface area contributed by atoms with Crippen molar-refractivity contribution in [2.75, 3.05) is 11.3 Å². The smallest absolute Gasteiger partial charge is 0.210 e. The topological polar surface area (TPSA) is 60.2 Å². The van der Waals surface area contributed by atoms with E-state index in [2.05, 4.69) is 15.9 Å². The third-order valence-electron chi connectivity index (χ3n) is 1.87. The third kappa shape index (κ3) is 1.60. The Kier molecular flexibility index (Phi) is 2.45. The molecule has 0 aliphatic carbocycles. The van der Waals surface area contributed by atoms with Crippen LogP contribution in [0.25, 0.3) is 0 Å². The predicted molar refractivity (Wildman–Crippen MR) is 55.9 cm³/mol. The van der Waals surface area contributed by atoms with Gasteiger partial charge in [0.25, 0.3) is 0 Å². The van der Waals surface area contributed by atoms with Crippen LogP contribution in [0, 0.1) is 0 Å². The number of thioether (sulfide) groups is 1. The molecule has 0 fully saturated rings. The average Bonchev–Trinajstić information content (AvgIpc) is 2.67. The molecule has 0 bridgehead atoms. The van der Waals surface area contributed by atoms with Crippen molar-refractivity contribution in [2.45, 2.75) is 5.50 Å². The summed E-state index contributed by atoms with van der Waals surface area (Å²) in [5.41, 5.74) is 3.66. The molecule has 1 unspecified atom stereocenters. The highest BCUT2D eigenvalue weighted by molar-refractivity contribution is 7.99. The van der Waals surface area contributed by atoms with Gasteiger partial charge in [0, 0.05) is 0 Å². The number of hydrazine groups is 1. The summed E-state index contributed by atoms with van der Waals surface area (Å²) >= 11 is 1.58. The summed E-state index contributed by atoms with van der Waals surface area (Å²) in [7, 11) is 0. The minimum absolute atomic E-state index is 0.0421. The van der Waals surface area contributed by atoms with Gasteiger partial charge in [-0.15, -0.1) is 16.9 Å². The van der Waals surface area contributed by atoms with Gasteiger partial charge in [0.05, 0.1) is 5.69 Å². The maximum absolute atomic E-state index is 9.13. The van der Waals surface area contributed by atoms with Crippen LogP contribution >= 0.6 is 11.8 Å². The number of nitrogens with zero attached hydrogens (tertiary/aromatic N) is 3. The van der Waals surface area contributed by atoms with Crippen molar-refractivity contribution in [3.63, 3.8) is 0 Å². The van der Waals surface area contributed by atoms with Crippen LogP contribution in [0.15, 0.2) is 34.6 Å². The number of anilines is 1. The van der Waals surface area contributed by atoms with Gasteiger partial charge in [-0.05, 0) is 30.5 Å². The highest BCUT2D eigenvalue weighted by atomic mass is 32.2. The van der Waals surface area contributed by atoms with Crippen LogP contribution in [0.2, 0.25) is 0 Å². The molecule has 5 nitrogen and oxygen atoms in total. The molecule has 0 amide bonds.